The van der Waals surface area contributed by atoms with Crippen molar-refractivity contribution in [1.82, 2.24) is 0 Å². The van der Waals surface area contributed by atoms with Crippen molar-refractivity contribution in [3.05, 3.63) is 29.8 Å². The number of aliphatic hydroxyl groups is 1. The molecule has 1 saturated carbocycles. The average molecular weight is 207 g/mol. The summed E-state index contributed by atoms with van der Waals surface area (Å²) >= 11 is 0. The second-order valence-corrected chi connectivity index (χ2v) is 4.42. The van der Waals surface area contributed by atoms with Crippen molar-refractivity contribution in [1.29, 1.82) is 0 Å². The zero-order valence-electron chi connectivity index (χ0n) is 8.69. The van der Waals surface area contributed by atoms with Crippen LogP contribution >= 0.6 is 0 Å². The number of phenols is 1. The normalized spacial score (nSPS) is 20.7. The lowest BCUT2D eigenvalue weighted by Gasteiger charge is -2.44. The molecule has 1 aliphatic carbocycles. The smallest absolute Gasteiger partial charge is 0.115 e. The van der Waals surface area contributed by atoms with E-state index < -0.39 is 6.10 Å². The van der Waals surface area contributed by atoms with Gasteiger partial charge in [0.05, 0.1) is 6.10 Å². The molecule has 3 heteroatoms. The maximum Gasteiger partial charge on any atom is 0.115 e. The van der Waals surface area contributed by atoms with Crippen LogP contribution in [0.2, 0.25) is 0 Å². The topological polar surface area (TPSA) is 66.5 Å². The van der Waals surface area contributed by atoms with E-state index >= 15 is 0 Å². The Bertz CT molecular complexity index is 342. The Morgan fingerprint density at radius 1 is 1.40 bits per heavy atom. The second kappa shape index (κ2) is 3.83. The molecule has 1 aliphatic rings. The summed E-state index contributed by atoms with van der Waals surface area (Å²) in [5, 5.41) is 19.6. The predicted octanol–water partition coefficient (Wildman–Crippen LogP) is 1.55. The molecule has 2 rings (SSSR count). The van der Waals surface area contributed by atoms with Crippen LogP contribution in [0.1, 0.15) is 30.9 Å². The summed E-state index contributed by atoms with van der Waals surface area (Å²) in [5.74, 6) is 0.193. The quantitative estimate of drug-likeness (QED) is 0.704. The van der Waals surface area contributed by atoms with Gasteiger partial charge in [-0.05, 0) is 30.5 Å². The first-order valence-electron chi connectivity index (χ1n) is 5.35. The summed E-state index contributed by atoms with van der Waals surface area (Å²) in [6.45, 7) is 0.504. The lowest BCUT2D eigenvalue weighted by Crippen LogP contribution is -2.42. The molecule has 1 fully saturated rings. The minimum atomic E-state index is -0.552. The molecule has 1 atom stereocenters. The number of aliphatic hydroxyl groups excluding tert-OH is 1. The van der Waals surface area contributed by atoms with Crippen LogP contribution in [0.25, 0.3) is 0 Å². The fraction of sp³-hybridized carbons (Fsp3) is 0.500. The van der Waals surface area contributed by atoms with Crippen molar-refractivity contribution in [3.8, 4) is 5.75 Å². The molecule has 1 unspecified atom stereocenters. The average Bonchev–Trinajstić information content (AvgIpc) is 2.17. The van der Waals surface area contributed by atoms with Gasteiger partial charge in [0.25, 0.3) is 0 Å². The Morgan fingerprint density at radius 3 is 2.60 bits per heavy atom. The number of benzene rings is 1. The van der Waals surface area contributed by atoms with Gasteiger partial charge < -0.3 is 15.9 Å². The molecular weight excluding hydrogens is 190 g/mol. The summed E-state index contributed by atoms with van der Waals surface area (Å²) in [6.07, 6.45) is 2.52. The summed E-state index contributed by atoms with van der Waals surface area (Å²) < 4.78 is 0. The maximum atomic E-state index is 10.2. The molecule has 82 valence electrons. The minimum Gasteiger partial charge on any atom is -0.508 e. The molecule has 0 heterocycles. The van der Waals surface area contributed by atoms with Crippen LogP contribution in [0.15, 0.2) is 24.3 Å². The summed E-state index contributed by atoms with van der Waals surface area (Å²) in [5.41, 5.74) is 6.33. The zero-order valence-corrected chi connectivity index (χ0v) is 8.69. The number of nitrogens with two attached hydrogens (primary N) is 1. The summed E-state index contributed by atoms with van der Waals surface area (Å²) in [6, 6.07) is 6.80. The molecule has 0 saturated heterocycles. The van der Waals surface area contributed by atoms with Crippen LogP contribution in [0.4, 0.5) is 0 Å². The fourth-order valence-corrected chi connectivity index (χ4v) is 2.27. The highest BCUT2D eigenvalue weighted by atomic mass is 16.3. The SMILES string of the molecule is NCC1(C(O)c2cccc(O)c2)CCC1. The van der Waals surface area contributed by atoms with Crippen LogP contribution in [0, 0.1) is 5.41 Å². The van der Waals surface area contributed by atoms with Gasteiger partial charge in [-0.3, -0.25) is 0 Å². The minimum absolute atomic E-state index is 0.159. The van der Waals surface area contributed by atoms with E-state index in [1.165, 1.54) is 0 Å². The molecule has 0 radical (unpaired) electrons. The molecule has 1 aromatic carbocycles. The van der Waals surface area contributed by atoms with E-state index in [1.54, 1.807) is 18.2 Å². The first kappa shape index (κ1) is 10.5. The van der Waals surface area contributed by atoms with Crippen LogP contribution in [-0.4, -0.2) is 16.8 Å². The van der Waals surface area contributed by atoms with E-state index in [-0.39, 0.29) is 11.2 Å². The van der Waals surface area contributed by atoms with Gasteiger partial charge in [0, 0.05) is 12.0 Å². The van der Waals surface area contributed by atoms with E-state index in [0.717, 1.165) is 24.8 Å². The third kappa shape index (κ3) is 1.73. The number of hydrogen-bond acceptors (Lipinski definition) is 3. The van der Waals surface area contributed by atoms with Crippen LogP contribution in [0.5, 0.6) is 5.75 Å². The van der Waals surface area contributed by atoms with E-state index in [9.17, 15) is 10.2 Å². The van der Waals surface area contributed by atoms with E-state index in [1.807, 2.05) is 6.07 Å². The Morgan fingerprint density at radius 2 is 2.13 bits per heavy atom. The third-order valence-corrected chi connectivity index (χ3v) is 3.52. The Kier molecular flexibility index (Phi) is 2.67. The monoisotopic (exact) mass is 207 g/mol. The van der Waals surface area contributed by atoms with E-state index in [2.05, 4.69) is 0 Å². The zero-order chi connectivity index (χ0) is 10.9. The highest BCUT2D eigenvalue weighted by Crippen LogP contribution is 2.49. The first-order valence-corrected chi connectivity index (χ1v) is 5.35. The Balaban J connectivity index is 2.23. The van der Waals surface area contributed by atoms with Crippen LogP contribution in [0.3, 0.4) is 0 Å². The van der Waals surface area contributed by atoms with Crippen molar-refractivity contribution in [2.75, 3.05) is 6.54 Å². The van der Waals surface area contributed by atoms with Gasteiger partial charge in [0.15, 0.2) is 0 Å². The highest BCUT2D eigenvalue weighted by Gasteiger charge is 2.42. The van der Waals surface area contributed by atoms with Gasteiger partial charge in [-0.2, -0.15) is 0 Å². The van der Waals surface area contributed by atoms with Gasteiger partial charge >= 0.3 is 0 Å². The standard InChI is InChI=1S/C12H17NO2/c13-8-12(5-2-6-12)11(15)9-3-1-4-10(14)7-9/h1,3-4,7,11,14-15H,2,5-6,8,13H2. The maximum absolute atomic E-state index is 10.2. The first-order chi connectivity index (χ1) is 7.18. The van der Waals surface area contributed by atoms with Crippen molar-refractivity contribution >= 4 is 0 Å². The second-order valence-electron chi connectivity index (χ2n) is 4.42. The fourth-order valence-electron chi connectivity index (χ4n) is 2.27. The molecule has 0 bridgehead atoms. The van der Waals surface area contributed by atoms with Crippen molar-refractivity contribution < 1.29 is 10.2 Å². The van der Waals surface area contributed by atoms with Gasteiger partial charge in [0.2, 0.25) is 0 Å². The van der Waals surface area contributed by atoms with Crippen molar-refractivity contribution in [2.24, 2.45) is 11.1 Å². The van der Waals surface area contributed by atoms with Gasteiger partial charge in [-0.1, -0.05) is 18.6 Å². The Hall–Kier alpha value is -1.06. The molecular formula is C12H17NO2. The van der Waals surface area contributed by atoms with Gasteiger partial charge in [-0.15, -0.1) is 0 Å². The third-order valence-electron chi connectivity index (χ3n) is 3.52. The van der Waals surface area contributed by atoms with Crippen molar-refractivity contribution in [3.63, 3.8) is 0 Å². The number of rotatable bonds is 3. The molecule has 0 aliphatic heterocycles. The highest BCUT2D eigenvalue weighted by molar-refractivity contribution is 5.30. The number of hydrogen-bond donors (Lipinski definition) is 3. The molecule has 0 aromatic heterocycles. The molecule has 0 amide bonds. The van der Waals surface area contributed by atoms with Crippen molar-refractivity contribution in [2.45, 2.75) is 25.4 Å². The Labute approximate surface area is 89.5 Å². The number of aromatic hydroxyl groups is 1. The van der Waals surface area contributed by atoms with E-state index in [0.29, 0.717) is 6.54 Å². The lowest BCUT2D eigenvalue weighted by molar-refractivity contribution is -0.0297. The largest absolute Gasteiger partial charge is 0.508 e. The van der Waals surface area contributed by atoms with Crippen LogP contribution < -0.4 is 5.73 Å². The van der Waals surface area contributed by atoms with Gasteiger partial charge in [0.1, 0.15) is 5.75 Å². The summed E-state index contributed by atoms with van der Waals surface area (Å²) in [7, 11) is 0. The van der Waals surface area contributed by atoms with E-state index in [4.69, 9.17) is 5.73 Å². The molecule has 3 nitrogen and oxygen atoms in total. The predicted molar refractivity (Wildman–Crippen MR) is 58.4 cm³/mol. The molecule has 4 N–H and O–H groups in total. The van der Waals surface area contributed by atoms with Gasteiger partial charge in [-0.25, -0.2) is 0 Å². The molecule has 0 spiro atoms. The molecule has 15 heavy (non-hydrogen) atoms. The molecule has 1 aromatic rings. The number of phenolic OH excluding ortho intramolecular Hbond substituents is 1. The van der Waals surface area contributed by atoms with Crippen LogP contribution in [-0.2, 0) is 0 Å². The lowest BCUT2D eigenvalue weighted by atomic mass is 9.63. The summed E-state index contributed by atoms with van der Waals surface area (Å²) in [4.78, 5) is 0.